The minimum atomic E-state index is -0.505. The van der Waals surface area contributed by atoms with E-state index in [-0.39, 0.29) is 17.2 Å². The van der Waals surface area contributed by atoms with E-state index < -0.39 is 4.92 Å². The number of aromatic nitrogens is 3. The van der Waals surface area contributed by atoms with Crippen LogP contribution in [0.4, 0.5) is 5.69 Å². The normalized spacial score (nSPS) is 13.5. The number of ketones is 1. The summed E-state index contributed by atoms with van der Waals surface area (Å²) in [5.41, 5.74) is 1.18. The minimum absolute atomic E-state index is 0.0895. The van der Waals surface area contributed by atoms with Gasteiger partial charge in [-0.05, 0) is 25.0 Å². The molecule has 0 aliphatic heterocycles. The fourth-order valence-electron chi connectivity index (χ4n) is 2.74. The first-order valence-electron chi connectivity index (χ1n) is 8.54. The molecule has 4 rings (SSSR count). The fraction of sp³-hybridized carbons (Fsp3) is 0.211. The summed E-state index contributed by atoms with van der Waals surface area (Å²) < 4.78 is 1.85. The molecule has 2 aromatic carbocycles. The highest BCUT2D eigenvalue weighted by Crippen LogP contribution is 2.40. The standard InChI is InChI=1S/C19H16N4O3S/c24-17(14-5-4-8-16(11-14)23(25)26)12-27-19-20-18(13-9-10-13)22(21-19)15-6-2-1-3-7-15/h1-8,11,13H,9-10,12H2. The number of nitrogens with zero attached hydrogens (tertiary/aromatic N) is 4. The molecule has 0 bridgehead atoms. The Kier molecular flexibility index (Phi) is 4.72. The smallest absolute Gasteiger partial charge is 0.270 e. The lowest BCUT2D eigenvalue weighted by molar-refractivity contribution is -0.384. The number of hydrogen-bond acceptors (Lipinski definition) is 6. The molecule has 27 heavy (non-hydrogen) atoms. The van der Waals surface area contributed by atoms with Gasteiger partial charge in [-0.25, -0.2) is 9.67 Å². The van der Waals surface area contributed by atoms with E-state index in [0.717, 1.165) is 24.4 Å². The van der Waals surface area contributed by atoms with Crippen molar-refractivity contribution in [2.75, 3.05) is 5.75 Å². The number of benzene rings is 2. The van der Waals surface area contributed by atoms with Crippen molar-refractivity contribution in [2.45, 2.75) is 23.9 Å². The van der Waals surface area contributed by atoms with Gasteiger partial charge in [0.15, 0.2) is 5.78 Å². The topological polar surface area (TPSA) is 90.9 Å². The lowest BCUT2D eigenvalue weighted by Gasteiger charge is -2.03. The van der Waals surface area contributed by atoms with Crippen LogP contribution >= 0.6 is 11.8 Å². The maximum Gasteiger partial charge on any atom is 0.270 e. The van der Waals surface area contributed by atoms with Crippen LogP contribution in [0.3, 0.4) is 0 Å². The van der Waals surface area contributed by atoms with Gasteiger partial charge < -0.3 is 0 Å². The van der Waals surface area contributed by atoms with E-state index in [1.54, 1.807) is 6.07 Å². The Balaban J connectivity index is 1.51. The second-order valence-corrected chi connectivity index (χ2v) is 7.24. The number of carbonyl (C=O) groups is 1. The number of carbonyl (C=O) groups excluding carboxylic acids is 1. The molecule has 0 unspecified atom stereocenters. The Bertz CT molecular complexity index is 999. The molecular weight excluding hydrogens is 364 g/mol. The summed E-state index contributed by atoms with van der Waals surface area (Å²) in [5.74, 6) is 1.28. The van der Waals surface area contributed by atoms with Gasteiger partial charge in [0.25, 0.3) is 5.69 Å². The summed E-state index contributed by atoms with van der Waals surface area (Å²) in [6.07, 6.45) is 2.20. The SMILES string of the molecule is O=C(CSc1nc(C2CC2)n(-c2ccccc2)n1)c1cccc([N+](=O)[O-])c1. The number of nitro benzene ring substituents is 1. The largest absolute Gasteiger partial charge is 0.293 e. The first kappa shape index (κ1) is 17.4. The van der Waals surface area contributed by atoms with Gasteiger partial charge in [0, 0.05) is 23.6 Å². The third-order valence-electron chi connectivity index (χ3n) is 4.27. The Hall–Kier alpha value is -3.00. The number of non-ortho nitro benzene ring substituents is 1. The third-order valence-corrected chi connectivity index (χ3v) is 5.10. The highest BCUT2D eigenvalue weighted by atomic mass is 32.2. The van der Waals surface area contributed by atoms with Crippen LogP contribution in [0.25, 0.3) is 5.69 Å². The summed E-state index contributed by atoms with van der Waals surface area (Å²) in [6.45, 7) is 0. The van der Waals surface area contributed by atoms with Crippen molar-refractivity contribution in [1.82, 2.24) is 14.8 Å². The molecule has 136 valence electrons. The van der Waals surface area contributed by atoms with Crippen LogP contribution in [0.5, 0.6) is 0 Å². The van der Waals surface area contributed by atoms with E-state index in [9.17, 15) is 14.9 Å². The van der Waals surface area contributed by atoms with Crippen LogP contribution in [0, 0.1) is 10.1 Å². The van der Waals surface area contributed by atoms with Crippen molar-refractivity contribution in [3.05, 3.63) is 76.1 Å². The maximum atomic E-state index is 12.4. The zero-order chi connectivity index (χ0) is 18.8. The number of nitro groups is 1. The summed E-state index contributed by atoms with van der Waals surface area (Å²) in [5, 5.41) is 16.0. The molecule has 0 amide bonds. The van der Waals surface area contributed by atoms with Crippen LogP contribution in [0.2, 0.25) is 0 Å². The van der Waals surface area contributed by atoms with Crippen molar-refractivity contribution in [1.29, 1.82) is 0 Å². The molecule has 1 heterocycles. The molecule has 0 saturated heterocycles. The molecule has 0 radical (unpaired) electrons. The lowest BCUT2D eigenvalue weighted by Crippen LogP contribution is -2.03. The summed E-state index contributed by atoms with van der Waals surface area (Å²) in [7, 11) is 0. The third kappa shape index (κ3) is 3.90. The van der Waals surface area contributed by atoms with E-state index in [2.05, 4.69) is 10.1 Å². The van der Waals surface area contributed by atoms with Crippen molar-refractivity contribution in [3.8, 4) is 5.69 Å². The Morgan fingerprint density at radius 3 is 2.67 bits per heavy atom. The number of rotatable bonds is 7. The van der Waals surface area contributed by atoms with E-state index in [4.69, 9.17) is 0 Å². The van der Waals surface area contributed by atoms with Crippen molar-refractivity contribution >= 4 is 23.2 Å². The van der Waals surface area contributed by atoms with Gasteiger partial charge >= 0.3 is 0 Å². The van der Waals surface area contributed by atoms with Crippen LogP contribution in [0.1, 0.15) is 34.9 Å². The van der Waals surface area contributed by atoms with Gasteiger partial charge in [-0.3, -0.25) is 14.9 Å². The average molecular weight is 380 g/mol. The van der Waals surface area contributed by atoms with Gasteiger partial charge in [-0.15, -0.1) is 5.10 Å². The zero-order valence-corrected chi connectivity index (χ0v) is 15.1. The van der Waals surface area contributed by atoms with Crippen LogP contribution in [-0.4, -0.2) is 31.2 Å². The first-order valence-corrected chi connectivity index (χ1v) is 9.53. The molecule has 1 aliphatic carbocycles. The molecule has 0 spiro atoms. The van der Waals surface area contributed by atoms with Crippen molar-refractivity contribution in [2.24, 2.45) is 0 Å². The zero-order valence-electron chi connectivity index (χ0n) is 14.3. The highest BCUT2D eigenvalue weighted by molar-refractivity contribution is 7.99. The van der Waals surface area contributed by atoms with Gasteiger partial charge in [-0.1, -0.05) is 42.1 Å². The Morgan fingerprint density at radius 1 is 1.19 bits per heavy atom. The van der Waals surface area contributed by atoms with Gasteiger partial charge in [0.2, 0.25) is 5.16 Å². The monoisotopic (exact) mass is 380 g/mol. The van der Waals surface area contributed by atoms with Gasteiger partial charge in [0.05, 0.1) is 16.4 Å². The van der Waals surface area contributed by atoms with Crippen LogP contribution < -0.4 is 0 Å². The molecule has 1 aliphatic rings. The molecule has 7 nitrogen and oxygen atoms in total. The van der Waals surface area contributed by atoms with Crippen molar-refractivity contribution < 1.29 is 9.72 Å². The lowest BCUT2D eigenvalue weighted by atomic mass is 10.1. The summed E-state index contributed by atoms with van der Waals surface area (Å²) in [4.78, 5) is 27.4. The van der Waals surface area contributed by atoms with E-state index in [0.29, 0.717) is 16.6 Å². The second kappa shape index (κ2) is 7.32. The molecule has 3 aromatic rings. The van der Waals surface area contributed by atoms with E-state index in [1.807, 2.05) is 35.0 Å². The van der Waals surface area contributed by atoms with Gasteiger partial charge in [0.1, 0.15) is 5.82 Å². The minimum Gasteiger partial charge on any atom is -0.293 e. The quantitative estimate of drug-likeness (QED) is 0.266. The van der Waals surface area contributed by atoms with Crippen LogP contribution in [-0.2, 0) is 0 Å². The van der Waals surface area contributed by atoms with Crippen molar-refractivity contribution in [3.63, 3.8) is 0 Å². The number of para-hydroxylation sites is 1. The van der Waals surface area contributed by atoms with E-state index >= 15 is 0 Å². The molecule has 1 fully saturated rings. The number of thioether (sulfide) groups is 1. The second-order valence-electron chi connectivity index (χ2n) is 6.29. The summed E-state index contributed by atoms with van der Waals surface area (Å²) >= 11 is 1.25. The predicted molar refractivity (Wildman–Crippen MR) is 101 cm³/mol. The molecule has 0 N–H and O–H groups in total. The van der Waals surface area contributed by atoms with E-state index in [1.165, 1.54) is 30.0 Å². The van der Waals surface area contributed by atoms with Crippen LogP contribution in [0.15, 0.2) is 59.8 Å². The molecule has 1 aromatic heterocycles. The molecule has 0 atom stereocenters. The molecular formula is C19H16N4O3S. The fourth-order valence-corrected chi connectivity index (χ4v) is 3.46. The highest BCUT2D eigenvalue weighted by Gasteiger charge is 2.30. The summed E-state index contributed by atoms with van der Waals surface area (Å²) in [6, 6.07) is 15.6. The average Bonchev–Trinajstić information content (AvgIpc) is 3.46. The number of hydrogen-bond donors (Lipinski definition) is 0. The molecule has 8 heteroatoms. The maximum absolute atomic E-state index is 12.4. The molecule has 1 saturated carbocycles. The predicted octanol–water partition coefficient (Wildman–Crippen LogP) is 4.03. The first-order chi connectivity index (χ1) is 13.1. The Morgan fingerprint density at radius 2 is 1.96 bits per heavy atom. The Labute approximate surface area is 159 Å². The number of Topliss-reactive ketones (excluding diaryl/α,β-unsaturated/α-hetero) is 1. The van der Waals surface area contributed by atoms with Gasteiger partial charge in [-0.2, -0.15) is 0 Å².